The van der Waals surface area contributed by atoms with Crippen molar-refractivity contribution in [1.29, 1.82) is 0 Å². The standard InChI is InChI=1S/C15H13Br2Cl2NO/c1-8(20-2)10-4-3-9(16)5-14(10)21-15-7-12(18)11(17)6-13(15)19/h3-8,20H,1-2H3. The molecule has 0 aliphatic rings. The first-order chi connectivity index (χ1) is 9.92. The number of benzene rings is 2. The van der Waals surface area contributed by atoms with E-state index in [1.165, 1.54) is 0 Å². The zero-order valence-electron chi connectivity index (χ0n) is 11.4. The van der Waals surface area contributed by atoms with Crippen LogP contribution in [0, 0.1) is 0 Å². The molecule has 0 aromatic heterocycles. The third kappa shape index (κ3) is 4.14. The second-order valence-electron chi connectivity index (χ2n) is 4.49. The maximum Gasteiger partial charge on any atom is 0.147 e. The number of rotatable bonds is 4. The van der Waals surface area contributed by atoms with Crippen molar-refractivity contribution < 1.29 is 4.74 Å². The van der Waals surface area contributed by atoms with Crippen molar-refractivity contribution in [2.75, 3.05) is 7.05 Å². The summed E-state index contributed by atoms with van der Waals surface area (Å²) in [5, 5.41) is 4.24. The Kier molecular flexibility index (Phi) is 5.97. The summed E-state index contributed by atoms with van der Waals surface area (Å²) in [6.07, 6.45) is 0. The molecule has 2 rings (SSSR count). The van der Waals surface area contributed by atoms with Gasteiger partial charge >= 0.3 is 0 Å². The molecule has 0 bridgehead atoms. The zero-order chi connectivity index (χ0) is 15.6. The minimum absolute atomic E-state index is 0.151. The predicted molar refractivity (Wildman–Crippen MR) is 95.9 cm³/mol. The van der Waals surface area contributed by atoms with E-state index < -0.39 is 0 Å². The highest BCUT2D eigenvalue weighted by molar-refractivity contribution is 9.10. The number of ether oxygens (including phenoxy) is 1. The molecule has 1 unspecified atom stereocenters. The minimum atomic E-state index is 0.151. The van der Waals surface area contributed by atoms with Gasteiger partial charge in [0.2, 0.25) is 0 Å². The number of nitrogens with one attached hydrogen (secondary N) is 1. The van der Waals surface area contributed by atoms with Gasteiger partial charge in [0.1, 0.15) is 11.5 Å². The molecule has 1 N–H and O–H groups in total. The van der Waals surface area contributed by atoms with E-state index >= 15 is 0 Å². The van der Waals surface area contributed by atoms with Crippen LogP contribution < -0.4 is 10.1 Å². The topological polar surface area (TPSA) is 21.3 Å². The van der Waals surface area contributed by atoms with E-state index in [0.717, 1.165) is 20.3 Å². The fourth-order valence-electron chi connectivity index (χ4n) is 1.81. The van der Waals surface area contributed by atoms with Crippen molar-refractivity contribution in [2.45, 2.75) is 13.0 Å². The summed E-state index contributed by atoms with van der Waals surface area (Å²) in [6.45, 7) is 2.06. The molecule has 0 heterocycles. The Morgan fingerprint density at radius 3 is 2.43 bits per heavy atom. The summed E-state index contributed by atoms with van der Waals surface area (Å²) < 4.78 is 7.64. The van der Waals surface area contributed by atoms with Gasteiger partial charge in [-0.2, -0.15) is 0 Å². The van der Waals surface area contributed by atoms with Gasteiger partial charge in [-0.05, 0) is 48.1 Å². The van der Waals surface area contributed by atoms with E-state index in [2.05, 4.69) is 44.1 Å². The van der Waals surface area contributed by atoms with Crippen LogP contribution in [-0.2, 0) is 0 Å². The third-order valence-corrected chi connectivity index (χ3v) is 5.06. The van der Waals surface area contributed by atoms with Crippen molar-refractivity contribution in [3.05, 3.63) is 54.9 Å². The third-order valence-electron chi connectivity index (χ3n) is 3.07. The summed E-state index contributed by atoms with van der Waals surface area (Å²) in [4.78, 5) is 0. The maximum absolute atomic E-state index is 6.22. The number of halogens is 4. The van der Waals surface area contributed by atoms with Crippen LogP contribution in [0.3, 0.4) is 0 Å². The Hall–Kier alpha value is -0.260. The van der Waals surface area contributed by atoms with Crippen molar-refractivity contribution in [1.82, 2.24) is 5.32 Å². The molecule has 1 atom stereocenters. The molecule has 21 heavy (non-hydrogen) atoms. The van der Waals surface area contributed by atoms with E-state index in [0.29, 0.717) is 15.8 Å². The Labute approximate surface area is 151 Å². The lowest BCUT2D eigenvalue weighted by atomic mass is 10.1. The monoisotopic (exact) mass is 451 g/mol. The molecular weight excluding hydrogens is 441 g/mol. The van der Waals surface area contributed by atoms with Crippen molar-refractivity contribution >= 4 is 55.1 Å². The molecule has 2 aromatic carbocycles. The first-order valence-electron chi connectivity index (χ1n) is 6.21. The molecule has 112 valence electrons. The zero-order valence-corrected chi connectivity index (χ0v) is 16.1. The van der Waals surface area contributed by atoms with Crippen molar-refractivity contribution in [3.8, 4) is 11.5 Å². The van der Waals surface area contributed by atoms with Crippen LogP contribution in [0.15, 0.2) is 39.3 Å². The molecule has 0 spiro atoms. The molecular formula is C15H13Br2Cl2NO. The molecule has 0 saturated heterocycles. The lowest BCUT2D eigenvalue weighted by Gasteiger charge is -2.17. The molecule has 0 radical (unpaired) electrons. The molecule has 0 fully saturated rings. The average Bonchev–Trinajstić information content (AvgIpc) is 2.44. The second kappa shape index (κ2) is 7.34. The summed E-state index contributed by atoms with van der Waals surface area (Å²) >= 11 is 19.1. The van der Waals surface area contributed by atoms with Crippen molar-refractivity contribution in [3.63, 3.8) is 0 Å². The van der Waals surface area contributed by atoms with Crippen LogP contribution in [-0.4, -0.2) is 7.05 Å². The van der Waals surface area contributed by atoms with Gasteiger partial charge in [-0.3, -0.25) is 0 Å². The van der Waals surface area contributed by atoms with Gasteiger partial charge in [0.05, 0.1) is 10.0 Å². The molecule has 0 aliphatic carbocycles. The van der Waals surface area contributed by atoms with Crippen LogP contribution in [0.5, 0.6) is 11.5 Å². The van der Waals surface area contributed by atoms with E-state index in [1.807, 2.05) is 25.2 Å². The van der Waals surface area contributed by atoms with Crippen LogP contribution in [0.1, 0.15) is 18.5 Å². The van der Waals surface area contributed by atoms with E-state index in [-0.39, 0.29) is 6.04 Å². The second-order valence-corrected chi connectivity index (χ2v) is 7.08. The van der Waals surface area contributed by atoms with Gasteiger partial charge in [0.25, 0.3) is 0 Å². The molecule has 0 amide bonds. The maximum atomic E-state index is 6.22. The van der Waals surface area contributed by atoms with Gasteiger partial charge in [-0.25, -0.2) is 0 Å². The molecule has 6 heteroatoms. The Bertz CT molecular complexity index is 664. The minimum Gasteiger partial charge on any atom is -0.455 e. The highest BCUT2D eigenvalue weighted by Crippen LogP contribution is 2.39. The first-order valence-corrected chi connectivity index (χ1v) is 8.55. The number of hydrogen-bond acceptors (Lipinski definition) is 2. The van der Waals surface area contributed by atoms with Gasteiger partial charge < -0.3 is 10.1 Å². The SMILES string of the molecule is CNC(C)c1ccc(Br)cc1Oc1cc(Cl)c(Br)cc1Cl. The highest BCUT2D eigenvalue weighted by Gasteiger charge is 2.14. The fraction of sp³-hybridized carbons (Fsp3) is 0.200. The van der Waals surface area contributed by atoms with Crippen LogP contribution in [0.25, 0.3) is 0 Å². The van der Waals surface area contributed by atoms with Gasteiger partial charge in [-0.15, -0.1) is 0 Å². The Morgan fingerprint density at radius 1 is 1.05 bits per heavy atom. The molecule has 2 nitrogen and oxygen atoms in total. The molecule has 0 aliphatic heterocycles. The Balaban J connectivity index is 2.43. The van der Waals surface area contributed by atoms with Crippen molar-refractivity contribution in [2.24, 2.45) is 0 Å². The first kappa shape index (κ1) is 17.1. The number of hydrogen-bond donors (Lipinski definition) is 1. The highest BCUT2D eigenvalue weighted by atomic mass is 79.9. The summed E-state index contributed by atoms with van der Waals surface area (Å²) in [5.74, 6) is 1.25. The molecule has 2 aromatic rings. The quantitative estimate of drug-likeness (QED) is 0.527. The molecule has 0 saturated carbocycles. The smallest absolute Gasteiger partial charge is 0.147 e. The van der Waals surface area contributed by atoms with Crippen LogP contribution in [0.2, 0.25) is 10.0 Å². The van der Waals surface area contributed by atoms with Crippen LogP contribution in [0.4, 0.5) is 0 Å². The van der Waals surface area contributed by atoms with Gasteiger partial charge in [0, 0.05) is 26.6 Å². The summed E-state index contributed by atoms with van der Waals surface area (Å²) in [5.41, 5.74) is 1.04. The van der Waals surface area contributed by atoms with E-state index in [4.69, 9.17) is 27.9 Å². The largest absolute Gasteiger partial charge is 0.455 e. The van der Waals surface area contributed by atoms with Gasteiger partial charge in [-0.1, -0.05) is 45.2 Å². The summed E-state index contributed by atoms with van der Waals surface area (Å²) in [7, 11) is 1.90. The van der Waals surface area contributed by atoms with Crippen LogP contribution >= 0.6 is 55.1 Å². The van der Waals surface area contributed by atoms with E-state index in [1.54, 1.807) is 12.1 Å². The Morgan fingerprint density at radius 2 is 1.76 bits per heavy atom. The lowest BCUT2D eigenvalue weighted by molar-refractivity contribution is 0.466. The predicted octanol–water partition coefficient (Wildman–Crippen LogP) is 6.59. The lowest BCUT2D eigenvalue weighted by Crippen LogP contribution is -2.13. The van der Waals surface area contributed by atoms with E-state index in [9.17, 15) is 0 Å². The van der Waals surface area contributed by atoms with Gasteiger partial charge in [0.15, 0.2) is 0 Å². The average molecular weight is 454 g/mol. The summed E-state index contributed by atoms with van der Waals surface area (Å²) in [6, 6.07) is 9.47. The normalized spacial score (nSPS) is 12.3. The fourth-order valence-corrected chi connectivity index (χ4v) is 2.98.